The normalized spacial score (nSPS) is 11.6. The molecule has 3 aromatic rings. The lowest BCUT2D eigenvalue weighted by Gasteiger charge is -2.09. The van der Waals surface area contributed by atoms with Gasteiger partial charge in [0.15, 0.2) is 0 Å². The minimum Gasteiger partial charge on any atom is -0.497 e. The Labute approximate surface area is 219 Å². The molecule has 10 nitrogen and oxygen atoms in total. The minimum atomic E-state index is -3.66. The zero-order valence-corrected chi connectivity index (χ0v) is 22.1. The van der Waals surface area contributed by atoms with Crippen molar-refractivity contribution in [2.75, 3.05) is 25.6 Å². The van der Waals surface area contributed by atoms with Gasteiger partial charge in [0.05, 0.1) is 25.6 Å². The summed E-state index contributed by atoms with van der Waals surface area (Å²) in [6, 6.07) is 16.1. The van der Waals surface area contributed by atoms with Gasteiger partial charge in [0.1, 0.15) is 28.9 Å². The largest absolute Gasteiger partial charge is 0.497 e. The summed E-state index contributed by atoms with van der Waals surface area (Å²) in [4.78, 5) is 16.4. The van der Waals surface area contributed by atoms with Gasteiger partial charge in [-0.3, -0.25) is 10.1 Å². The molecule has 0 radical (unpaired) electrons. The second kappa shape index (κ2) is 12.8. The van der Waals surface area contributed by atoms with Gasteiger partial charge in [0.25, 0.3) is 11.1 Å². The van der Waals surface area contributed by atoms with Gasteiger partial charge in [0.2, 0.25) is 15.0 Å². The number of benzene rings is 2. The Hall–Kier alpha value is -3.95. The van der Waals surface area contributed by atoms with Gasteiger partial charge in [-0.05, 0) is 49.8 Å². The number of aromatic nitrogens is 2. The quantitative estimate of drug-likeness (QED) is 0.203. The van der Waals surface area contributed by atoms with E-state index in [0.29, 0.717) is 30.9 Å². The van der Waals surface area contributed by atoms with Crippen LogP contribution in [0.2, 0.25) is 0 Å². The fourth-order valence-electron chi connectivity index (χ4n) is 2.86. The Morgan fingerprint density at radius 3 is 2.43 bits per heavy atom. The summed E-state index contributed by atoms with van der Waals surface area (Å²) < 4.78 is 44.7. The minimum absolute atomic E-state index is 0.00972. The Bertz CT molecular complexity index is 1390. The summed E-state index contributed by atoms with van der Waals surface area (Å²) in [5, 5.41) is 10.8. The molecule has 0 bridgehead atoms. The molecule has 3 rings (SSSR count). The average Bonchev–Trinajstić information content (AvgIpc) is 3.37. The van der Waals surface area contributed by atoms with Crippen LogP contribution in [0.1, 0.15) is 25.8 Å². The van der Waals surface area contributed by atoms with E-state index in [4.69, 9.17) is 14.2 Å². The van der Waals surface area contributed by atoms with Crippen molar-refractivity contribution in [2.45, 2.75) is 30.7 Å². The molecule has 0 saturated carbocycles. The second-order valence-electron chi connectivity index (χ2n) is 7.90. The van der Waals surface area contributed by atoms with Crippen LogP contribution in [0.25, 0.3) is 6.08 Å². The van der Waals surface area contributed by atoms with Gasteiger partial charge in [-0.15, -0.1) is 0 Å². The van der Waals surface area contributed by atoms with Gasteiger partial charge < -0.3 is 14.2 Å². The predicted molar refractivity (Wildman–Crippen MR) is 139 cm³/mol. The van der Waals surface area contributed by atoms with Gasteiger partial charge in [-0.2, -0.15) is 14.6 Å². The van der Waals surface area contributed by atoms with Crippen molar-refractivity contribution in [3.63, 3.8) is 0 Å². The first-order valence-corrected chi connectivity index (χ1v) is 13.6. The predicted octanol–water partition coefficient (Wildman–Crippen LogP) is 4.12. The first kappa shape index (κ1) is 27.6. The molecule has 1 aromatic heterocycles. The highest BCUT2D eigenvalue weighted by molar-refractivity contribution is 7.91. The first-order valence-electron chi connectivity index (χ1n) is 11.2. The Morgan fingerprint density at radius 1 is 1.11 bits per heavy atom. The lowest BCUT2D eigenvalue weighted by molar-refractivity contribution is -0.112. The summed E-state index contributed by atoms with van der Waals surface area (Å²) in [5.74, 6) is 1.36. The van der Waals surface area contributed by atoms with Crippen LogP contribution in [-0.4, -0.2) is 49.3 Å². The molecule has 0 atom stereocenters. The number of hydrogen-bond donors (Lipinski definition) is 1. The highest BCUT2D eigenvalue weighted by Crippen LogP contribution is 2.21. The molecule has 0 unspecified atom stereocenters. The molecule has 1 heterocycles. The number of rotatable bonds is 12. The van der Waals surface area contributed by atoms with E-state index < -0.39 is 21.0 Å². The number of carbonyl (C=O) groups is 1. The molecule has 1 N–H and O–H groups in total. The summed E-state index contributed by atoms with van der Waals surface area (Å²) in [5.41, 5.74) is 0.438. The molecule has 194 valence electrons. The monoisotopic (exact) mass is 542 g/mol. The van der Waals surface area contributed by atoms with E-state index in [-0.39, 0.29) is 15.9 Å². The van der Waals surface area contributed by atoms with E-state index in [0.717, 1.165) is 23.0 Å². The number of nitrogens with zero attached hydrogens (tertiary/aromatic N) is 3. The Morgan fingerprint density at radius 2 is 1.78 bits per heavy atom. The number of hydrogen-bond acceptors (Lipinski definition) is 10. The third kappa shape index (κ3) is 7.77. The summed E-state index contributed by atoms with van der Waals surface area (Å²) in [6.45, 7) is 3.95. The van der Waals surface area contributed by atoms with Crippen LogP contribution in [0.5, 0.6) is 17.2 Å². The average molecular weight is 543 g/mol. The molecule has 0 aliphatic rings. The molecule has 37 heavy (non-hydrogen) atoms. The van der Waals surface area contributed by atoms with Crippen LogP contribution < -0.4 is 19.5 Å². The lowest BCUT2D eigenvalue weighted by Crippen LogP contribution is -2.16. The topological polar surface area (TPSA) is 140 Å². The van der Waals surface area contributed by atoms with Crippen molar-refractivity contribution < 1.29 is 27.4 Å². The van der Waals surface area contributed by atoms with E-state index in [1.165, 1.54) is 19.9 Å². The summed E-state index contributed by atoms with van der Waals surface area (Å²) in [6.07, 6.45) is 2.08. The maximum Gasteiger partial charge on any atom is 0.268 e. The van der Waals surface area contributed by atoms with Crippen molar-refractivity contribution in [1.82, 2.24) is 9.36 Å². The standard InChI is InChI=1S/C25H26N4O6S2/c1-17(2)37(31,32)25-28-24(36-29-25)27-23(30)19(16-26)14-18-8-10-20(11-9-18)34-12-5-13-35-22-7-4-6-21(15-22)33-3/h4,6-11,14-15,17H,5,12-13H2,1-3H3,(H,27,28,29,30)/b19-14-. The first-order chi connectivity index (χ1) is 17.7. The van der Waals surface area contributed by atoms with Crippen molar-refractivity contribution in [3.8, 4) is 23.3 Å². The van der Waals surface area contributed by atoms with Crippen LogP contribution in [0, 0.1) is 11.3 Å². The molecule has 0 fully saturated rings. The zero-order chi connectivity index (χ0) is 26.8. The number of nitrogens with one attached hydrogen (secondary N) is 1. The molecule has 2 aromatic carbocycles. The van der Waals surface area contributed by atoms with Crippen LogP contribution >= 0.6 is 11.5 Å². The maximum atomic E-state index is 12.5. The molecular formula is C25H26N4O6S2. The van der Waals surface area contributed by atoms with Crippen molar-refractivity contribution >= 4 is 38.5 Å². The molecule has 0 aliphatic carbocycles. The molecule has 0 spiro atoms. The number of methoxy groups -OCH3 is 1. The second-order valence-corrected chi connectivity index (χ2v) is 11.0. The fraction of sp³-hybridized carbons (Fsp3) is 0.280. The number of ether oxygens (including phenoxy) is 3. The molecule has 12 heteroatoms. The SMILES string of the molecule is COc1cccc(OCCCOc2ccc(/C=C(/C#N)C(=O)Nc3nc(S(=O)(=O)C(C)C)ns3)cc2)c1. The van der Waals surface area contributed by atoms with Crippen LogP contribution in [0.15, 0.2) is 59.3 Å². The van der Waals surface area contributed by atoms with Crippen LogP contribution in [0.3, 0.4) is 0 Å². The van der Waals surface area contributed by atoms with Gasteiger partial charge in [0, 0.05) is 24.0 Å². The van der Waals surface area contributed by atoms with E-state index in [2.05, 4.69) is 14.7 Å². The Kier molecular flexibility index (Phi) is 9.59. The third-order valence-electron chi connectivity index (χ3n) is 4.93. The van der Waals surface area contributed by atoms with Gasteiger partial charge in [-0.25, -0.2) is 8.42 Å². The summed E-state index contributed by atoms with van der Waals surface area (Å²) >= 11 is 0.730. The van der Waals surface area contributed by atoms with Crippen LogP contribution in [0.4, 0.5) is 5.13 Å². The van der Waals surface area contributed by atoms with Gasteiger partial charge >= 0.3 is 0 Å². The zero-order valence-electron chi connectivity index (χ0n) is 20.5. The third-order valence-corrected chi connectivity index (χ3v) is 7.61. The maximum absolute atomic E-state index is 12.5. The highest BCUT2D eigenvalue weighted by atomic mass is 32.2. The summed E-state index contributed by atoms with van der Waals surface area (Å²) in [7, 11) is -2.06. The van der Waals surface area contributed by atoms with Crippen LogP contribution in [-0.2, 0) is 14.6 Å². The number of amides is 1. The highest BCUT2D eigenvalue weighted by Gasteiger charge is 2.25. The number of carbonyl (C=O) groups excluding carboxylic acids is 1. The van der Waals surface area contributed by atoms with E-state index in [1.54, 1.807) is 31.4 Å². The molecular weight excluding hydrogens is 516 g/mol. The molecule has 0 saturated heterocycles. The van der Waals surface area contributed by atoms with E-state index >= 15 is 0 Å². The molecule has 0 aliphatic heterocycles. The van der Waals surface area contributed by atoms with Crippen molar-refractivity contribution in [2.24, 2.45) is 0 Å². The number of nitriles is 1. The van der Waals surface area contributed by atoms with E-state index in [9.17, 15) is 18.5 Å². The number of anilines is 1. The Balaban J connectivity index is 1.51. The van der Waals surface area contributed by atoms with Gasteiger partial charge in [-0.1, -0.05) is 18.2 Å². The van der Waals surface area contributed by atoms with Crippen molar-refractivity contribution in [1.29, 1.82) is 5.26 Å². The lowest BCUT2D eigenvalue weighted by atomic mass is 10.1. The fourth-order valence-corrected chi connectivity index (χ4v) is 4.55. The van der Waals surface area contributed by atoms with E-state index in [1.807, 2.05) is 30.3 Å². The van der Waals surface area contributed by atoms with Crippen molar-refractivity contribution in [3.05, 3.63) is 59.7 Å². The molecule has 1 amide bonds. The smallest absolute Gasteiger partial charge is 0.268 e. The number of sulfone groups is 1.